The van der Waals surface area contributed by atoms with Crippen LogP contribution in [0.25, 0.3) is 0 Å². The van der Waals surface area contributed by atoms with E-state index in [1.54, 1.807) is 0 Å². The van der Waals surface area contributed by atoms with Gasteiger partial charge in [-0.15, -0.1) is 0 Å². The van der Waals surface area contributed by atoms with Crippen molar-refractivity contribution in [3.05, 3.63) is 57.6 Å². The second-order valence-electron chi connectivity index (χ2n) is 10.1. The molecule has 0 radical (unpaired) electrons. The molecule has 9 nitrogen and oxygen atoms in total. The summed E-state index contributed by atoms with van der Waals surface area (Å²) in [6.45, 7) is 0. The van der Waals surface area contributed by atoms with Crippen LogP contribution in [0.5, 0.6) is 5.75 Å². The van der Waals surface area contributed by atoms with Crippen molar-refractivity contribution in [2.45, 2.75) is 43.6 Å². The highest BCUT2D eigenvalue weighted by atomic mass is 16.3. The summed E-state index contributed by atoms with van der Waals surface area (Å²) in [5, 5.41) is 44.1. The Morgan fingerprint density at radius 1 is 1.17 bits per heavy atom. The van der Waals surface area contributed by atoms with Crippen molar-refractivity contribution in [1.29, 1.82) is 0 Å². The maximum atomic E-state index is 13.8. The Morgan fingerprint density at radius 2 is 1.89 bits per heavy atom. The van der Waals surface area contributed by atoms with Crippen molar-refractivity contribution in [2.75, 3.05) is 19.0 Å². The molecule has 1 unspecified atom stereocenters. The van der Waals surface area contributed by atoms with Gasteiger partial charge in [0.2, 0.25) is 5.78 Å². The fourth-order valence-corrected chi connectivity index (χ4v) is 6.26. The molecule has 4 atom stereocenters. The van der Waals surface area contributed by atoms with Gasteiger partial charge in [0, 0.05) is 49.2 Å². The molecule has 184 valence electrons. The van der Waals surface area contributed by atoms with E-state index in [0.717, 1.165) is 18.5 Å². The lowest BCUT2D eigenvalue weighted by Gasteiger charge is -2.46. The fraction of sp³-hybridized carbons (Fsp3) is 0.423. The van der Waals surface area contributed by atoms with Gasteiger partial charge in [0.25, 0.3) is 5.91 Å². The molecule has 4 aliphatic carbocycles. The predicted octanol–water partition coefficient (Wildman–Crippen LogP) is 2.08. The molecule has 35 heavy (non-hydrogen) atoms. The maximum absolute atomic E-state index is 13.8. The Labute approximate surface area is 201 Å². The molecule has 5 rings (SSSR count). The van der Waals surface area contributed by atoms with Gasteiger partial charge in [0.05, 0.1) is 5.56 Å². The topological polar surface area (TPSA) is 161 Å². The smallest absolute Gasteiger partial charge is 0.255 e. The third-order valence-electron chi connectivity index (χ3n) is 7.96. The lowest BCUT2D eigenvalue weighted by Crippen LogP contribution is -2.57. The number of phenolic OH excluding ortho intramolecular Hbond substituents is 1. The summed E-state index contributed by atoms with van der Waals surface area (Å²) in [5.74, 6) is -6.17. The fourth-order valence-electron chi connectivity index (χ4n) is 6.26. The van der Waals surface area contributed by atoms with Crippen LogP contribution in [-0.4, -0.2) is 57.6 Å². The van der Waals surface area contributed by atoms with Crippen molar-refractivity contribution in [1.82, 2.24) is 0 Å². The van der Waals surface area contributed by atoms with Gasteiger partial charge in [-0.2, -0.15) is 0 Å². The van der Waals surface area contributed by atoms with E-state index in [9.17, 15) is 34.8 Å². The van der Waals surface area contributed by atoms with Gasteiger partial charge < -0.3 is 31.1 Å². The number of anilines is 1. The lowest BCUT2D eigenvalue weighted by molar-refractivity contribution is -0.144. The van der Waals surface area contributed by atoms with E-state index < -0.39 is 52.0 Å². The molecule has 9 heteroatoms. The van der Waals surface area contributed by atoms with Crippen molar-refractivity contribution in [2.24, 2.45) is 17.6 Å². The van der Waals surface area contributed by atoms with E-state index in [1.807, 2.05) is 37.2 Å². The number of aliphatic hydroxyl groups is 3. The number of fused-ring (bicyclic) bond motifs is 3. The van der Waals surface area contributed by atoms with E-state index in [1.165, 1.54) is 0 Å². The molecule has 0 saturated carbocycles. The molecule has 1 aromatic carbocycles. The summed E-state index contributed by atoms with van der Waals surface area (Å²) in [6.07, 6.45) is 5.83. The first-order valence-corrected chi connectivity index (χ1v) is 11.7. The zero-order valence-corrected chi connectivity index (χ0v) is 19.5. The van der Waals surface area contributed by atoms with E-state index >= 15 is 0 Å². The van der Waals surface area contributed by atoms with Crippen molar-refractivity contribution < 1.29 is 34.8 Å². The number of benzene rings is 1. The normalized spacial score (nSPS) is 29.7. The molecule has 4 aliphatic rings. The Kier molecular flexibility index (Phi) is 5.10. The Hall–Kier alpha value is -3.59. The molecule has 0 heterocycles. The van der Waals surface area contributed by atoms with Crippen molar-refractivity contribution in [3.63, 3.8) is 0 Å². The van der Waals surface area contributed by atoms with Gasteiger partial charge in [-0.25, -0.2) is 0 Å². The Morgan fingerprint density at radius 3 is 2.49 bits per heavy atom. The van der Waals surface area contributed by atoms with Crippen LogP contribution >= 0.6 is 0 Å². The largest absolute Gasteiger partial charge is 0.511 e. The first kappa shape index (κ1) is 23.2. The molecule has 0 spiro atoms. The van der Waals surface area contributed by atoms with Crippen LogP contribution in [0.1, 0.15) is 53.1 Å². The number of aliphatic hydroxyl groups excluding tert-OH is 2. The number of hydrogen-bond donors (Lipinski definition) is 5. The van der Waals surface area contributed by atoms with Gasteiger partial charge in [0.1, 0.15) is 22.8 Å². The van der Waals surface area contributed by atoms with Crippen molar-refractivity contribution >= 4 is 23.2 Å². The summed E-state index contributed by atoms with van der Waals surface area (Å²) in [5.41, 5.74) is 3.85. The van der Waals surface area contributed by atoms with Gasteiger partial charge in [0.15, 0.2) is 11.4 Å². The number of allylic oxidation sites excluding steroid dienone is 4. The molecular formula is C26H28N2O7. The first-order valence-electron chi connectivity index (χ1n) is 11.7. The molecule has 1 aromatic rings. The highest BCUT2D eigenvalue weighted by Crippen LogP contribution is 2.53. The third-order valence-corrected chi connectivity index (χ3v) is 7.96. The van der Waals surface area contributed by atoms with Gasteiger partial charge in [-0.3, -0.25) is 14.4 Å². The molecule has 0 saturated heterocycles. The van der Waals surface area contributed by atoms with Crippen molar-refractivity contribution in [3.8, 4) is 5.75 Å². The van der Waals surface area contributed by atoms with Gasteiger partial charge in [-0.1, -0.05) is 12.2 Å². The van der Waals surface area contributed by atoms with Crippen LogP contribution in [0.15, 0.2) is 40.9 Å². The first-order chi connectivity index (χ1) is 16.5. The average molecular weight is 481 g/mol. The predicted molar refractivity (Wildman–Crippen MR) is 126 cm³/mol. The number of nitrogens with zero attached hydrogens (tertiary/aromatic N) is 1. The number of hydrogen-bond acceptors (Lipinski definition) is 8. The van der Waals surface area contributed by atoms with Crippen LogP contribution < -0.4 is 10.6 Å². The van der Waals surface area contributed by atoms with Crippen LogP contribution in [-0.2, 0) is 16.0 Å². The highest BCUT2D eigenvalue weighted by Gasteiger charge is 2.59. The molecular weight excluding hydrogens is 452 g/mol. The number of rotatable bonds is 3. The SMILES string of the molecule is CN(C)c1cc(C2C=CCC2)c(O)c2c1C[C@H]1C[C@H]3CC(O)=C(C(N)=O)C(=O)[C@@]3(O)C(O)=C1C2=O. The van der Waals surface area contributed by atoms with Gasteiger partial charge >= 0.3 is 0 Å². The Balaban J connectivity index is 1.70. The summed E-state index contributed by atoms with van der Waals surface area (Å²) in [7, 11) is 3.70. The number of nitrogens with two attached hydrogens (primary N) is 1. The number of Topliss-reactive ketones (excluding diaryl/α,β-unsaturated/α-hetero) is 2. The minimum Gasteiger partial charge on any atom is -0.511 e. The summed E-state index contributed by atoms with van der Waals surface area (Å²) >= 11 is 0. The number of carbonyl (C=O) groups excluding carboxylic acids is 3. The third kappa shape index (κ3) is 3.07. The number of amides is 1. The van der Waals surface area contributed by atoms with Gasteiger partial charge in [-0.05, 0) is 43.2 Å². The van der Waals surface area contributed by atoms with Crippen LogP contribution in [0.2, 0.25) is 0 Å². The number of aromatic hydroxyl groups is 1. The van der Waals surface area contributed by atoms with E-state index in [-0.39, 0.29) is 42.1 Å². The lowest BCUT2D eigenvalue weighted by atomic mass is 9.60. The number of phenols is 1. The van der Waals surface area contributed by atoms with E-state index in [4.69, 9.17) is 5.73 Å². The molecule has 0 aliphatic heterocycles. The minimum atomic E-state index is -2.55. The van der Waals surface area contributed by atoms with Crippen LogP contribution in [0.3, 0.4) is 0 Å². The second kappa shape index (κ2) is 7.71. The second-order valence-corrected chi connectivity index (χ2v) is 10.1. The summed E-state index contributed by atoms with van der Waals surface area (Å²) < 4.78 is 0. The zero-order valence-electron chi connectivity index (χ0n) is 19.5. The van der Waals surface area contributed by atoms with Crippen LogP contribution in [0.4, 0.5) is 5.69 Å². The minimum absolute atomic E-state index is 0.0572. The van der Waals surface area contributed by atoms with E-state index in [2.05, 4.69) is 0 Å². The molecule has 0 fully saturated rings. The average Bonchev–Trinajstić information content (AvgIpc) is 3.30. The summed E-state index contributed by atoms with van der Waals surface area (Å²) in [4.78, 5) is 40.6. The summed E-state index contributed by atoms with van der Waals surface area (Å²) in [6, 6.07) is 1.90. The zero-order chi connectivity index (χ0) is 25.4. The quantitative estimate of drug-likeness (QED) is 0.324. The standard InChI is InChI=1S/C26H28N2O7/c1-28(2)16-10-14(11-5-3-4-6-11)21(30)19-15(16)8-12-7-13-9-17(29)20(25(27)34)24(33)26(13,35)23(32)18(12)22(19)31/h3,5,10-13,29-30,32,35H,4,6-9H2,1-2H3,(H2,27,34)/t11?,12-,13+,26+/m1/s1. The highest BCUT2D eigenvalue weighted by molar-refractivity contribution is 6.24. The molecule has 6 N–H and O–H groups in total. The maximum Gasteiger partial charge on any atom is 0.255 e. The number of carbonyl (C=O) groups is 3. The monoisotopic (exact) mass is 480 g/mol. The molecule has 0 aromatic heterocycles. The molecule has 0 bridgehead atoms. The molecule has 1 amide bonds. The number of ketones is 2. The van der Waals surface area contributed by atoms with E-state index in [0.29, 0.717) is 11.1 Å². The Bertz CT molecular complexity index is 1290. The van der Waals surface area contributed by atoms with Crippen LogP contribution in [0, 0.1) is 11.8 Å². The number of primary amides is 1.